The number of phenols is 1. The predicted octanol–water partition coefficient (Wildman–Crippen LogP) is 0.998. The molecular formula is C24H21N7O7S3. The van der Waals surface area contributed by atoms with Crippen LogP contribution in [0.3, 0.4) is 0 Å². The van der Waals surface area contributed by atoms with Gasteiger partial charge in [0.1, 0.15) is 22.9 Å². The van der Waals surface area contributed by atoms with Crippen LogP contribution in [0.4, 0.5) is 0 Å². The van der Waals surface area contributed by atoms with E-state index >= 15 is 0 Å². The molecule has 2 aliphatic heterocycles. The van der Waals surface area contributed by atoms with Gasteiger partial charge in [-0.1, -0.05) is 35.1 Å². The molecule has 1 unspecified atom stereocenters. The largest absolute Gasteiger partial charge is 0.508 e. The molecule has 212 valence electrons. The number of aryl methyl sites for hydroxylation is 1. The zero-order chi connectivity index (χ0) is 29.1. The number of rotatable bonds is 10. The average Bonchev–Trinajstić information content (AvgIpc) is 3.61. The number of thioether (sulfide) groups is 2. The topological polar surface area (TPSA) is 189 Å². The standard InChI is InChI=1S/C24H21N7O7S3/c1-30-24(26-28-29-30)41-11-13-10-40-22-18(21(35)31(22)19(13)23(36)37)25-20(34)17(12-4-2-5-14(32)8-12)27-38-16(33)9-15-6-3-7-39-15/h2-8,18,22,32H,9-11H2,1H3,(H,25,34)(H,36,37)/b27-17+/t18?,22-/m1/s1. The third-order valence-electron chi connectivity index (χ3n) is 5.97. The number of aliphatic carboxylic acids is 1. The first-order valence-corrected chi connectivity index (χ1v) is 14.8. The van der Waals surface area contributed by atoms with Crippen molar-refractivity contribution in [2.75, 3.05) is 11.5 Å². The number of oxime groups is 1. The van der Waals surface area contributed by atoms with E-state index in [2.05, 4.69) is 26.0 Å². The number of β-lactam (4-membered cyclic amide) rings is 1. The first-order valence-electron chi connectivity index (χ1n) is 11.9. The highest BCUT2D eigenvalue weighted by Crippen LogP contribution is 2.41. The number of aromatic hydroxyl groups is 1. The van der Waals surface area contributed by atoms with Gasteiger partial charge in [-0.2, -0.15) is 0 Å². The number of tetrazole rings is 1. The quantitative estimate of drug-likeness (QED) is 0.0966. The Morgan fingerprint density at radius 1 is 1.27 bits per heavy atom. The molecule has 0 radical (unpaired) electrons. The van der Waals surface area contributed by atoms with Gasteiger partial charge in [0.05, 0.1) is 6.42 Å². The molecule has 0 spiro atoms. The normalized spacial score (nSPS) is 18.5. The fourth-order valence-corrected chi connectivity index (χ4v) is 7.09. The SMILES string of the molecule is Cn1nnnc1SCC1=C(C(=O)O)N2C(=O)C(NC(=O)/C(=N/OC(=O)Cc3cccs3)c3cccc(O)c3)[C@H]2SC1. The lowest BCUT2D eigenvalue weighted by molar-refractivity contribution is -0.150. The molecule has 2 amide bonds. The Balaban J connectivity index is 1.31. The first-order chi connectivity index (χ1) is 19.7. The van der Waals surface area contributed by atoms with E-state index in [4.69, 9.17) is 4.84 Å². The van der Waals surface area contributed by atoms with Crippen LogP contribution in [0, 0.1) is 0 Å². The number of nitrogens with zero attached hydrogens (tertiary/aromatic N) is 6. The zero-order valence-electron chi connectivity index (χ0n) is 21.2. The number of hydrogen-bond acceptors (Lipinski definition) is 13. The number of aromatic nitrogens is 4. The van der Waals surface area contributed by atoms with Gasteiger partial charge in [0, 0.05) is 29.0 Å². The third kappa shape index (κ3) is 6.10. The lowest BCUT2D eigenvalue weighted by Gasteiger charge is -2.49. The number of thiophene rings is 1. The summed E-state index contributed by atoms with van der Waals surface area (Å²) in [6.07, 6.45) is -0.0526. The Bertz CT molecular complexity index is 1570. The molecule has 41 heavy (non-hydrogen) atoms. The van der Waals surface area contributed by atoms with Crippen LogP contribution < -0.4 is 5.32 Å². The Hall–Kier alpha value is -4.22. The van der Waals surface area contributed by atoms with Gasteiger partial charge in [-0.15, -0.1) is 28.2 Å². The number of carboxylic acids is 1. The summed E-state index contributed by atoms with van der Waals surface area (Å²) in [5.41, 5.74) is 0.187. The van der Waals surface area contributed by atoms with E-state index in [1.807, 2.05) is 5.38 Å². The second kappa shape index (κ2) is 12.1. The molecule has 2 atom stereocenters. The number of benzene rings is 1. The maximum atomic E-state index is 13.3. The van der Waals surface area contributed by atoms with Crippen LogP contribution in [0.15, 0.2) is 63.4 Å². The Labute approximate surface area is 244 Å². The minimum absolute atomic E-state index is 0.0526. The summed E-state index contributed by atoms with van der Waals surface area (Å²) in [4.78, 5) is 57.8. The molecule has 0 bridgehead atoms. The molecule has 3 N–H and O–H groups in total. The van der Waals surface area contributed by atoms with Crippen LogP contribution >= 0.6 is 34.9 Å². The summed E-state index contributed by atoms with van der Waals surface area (Å²) in [5.74, 6) is -3.02. The average molecular weight is 616 g/mol. The molecule has 2 aliphatic rings. The van der Waals surface area contributed by atoms with Gasteiger partial charge in [0.25, 0.3) is 11.8 Å². The minimum atomic E-state index is -1.26. The maximum Gasteiger partial charge on any atom is 0.352 e. The molecule has 0 aliphatic carbocycles. The summed E-state index contributed by atoms with van der Waals surface area (Å²) in [7, 11) is 1.66. The van der Waals surface area contributed by atoms with Gasteiger partial charge < -0.3 is 20.4 Å². The van der Waals surface area contributed by atoms with Crippen LogP contribution in [0.5, 0.6) is 5.75 Å². The molecule has 3 aromatic rings. The third-order valence-corrected chi connectivity index (χ3v) is 9.28. The number of carbonyl (C=O) groups excluding carboxylic acids is 3. The molecule has 1 fully saturated rings. The van der Waals surface area contributed by atoms with Crippen molar-refractivity contribution in [2.24, 2.45) is 12.2 Å². The number of hydrogen-bond donors (Lipinski definition) is 3. The monoisotopic (exact) mass is 615 g/mol. The van der Waals surface area contributed by atoms with Crippen molar-refractivity contribution in [3.8, 4) is 5.75 Å². The van der Waals surface area contributed by atoms with E-state index in [9.17, 15) is 29.4 Å². The number of carbonyl (C=O) groups is 4. The van der Waals surface area contributed by atoms with Crippen molar-refractivity contribution in [3.05, 3.63) is 63.5 Å². The van der Waals surface area contributed by atoms with Crippen LogP contribution in [0.1, 0.15) is 10.4 Å². The van der Waals surface area contributed by atoms with Crippen molar-refractivity contribution in [1.29, 1.82) is 0 Å². The molecule has 1 saturated heterocycles. The molecule has 1 aromatic carbocycles. The second-order valence-electron chi connectivity index (χ2n) is 8.70. The van der Waals surface area contributed by atoms with E-state index < -0.39 is 35.2 Å². The van der Waals surface area contributed by atoms with Crippen molar-refractivity contribution < 1.29 is 34.2 Å². The highest BCUT2D eigenvalue weighted by molar-refractivity contribution is 8.01. The van der Waals surface area contributed by atoms with E-state index in [1.54, 1.807) is 19.2 Å². The van der Waals surface area contributed by atoms with Gasteiger partial charge in [-0.25, -0.2) is 14.3 Å². The fraction of sp³-hybridized carbons (Fsp3) is 0.250. The van der Waals surface area contributed by atoms with E-state index in [-0.39, 0.29) is 34.9 Å². The number of fused-ring (bicyclic) bond motifs is 1. The van der Waals surface area contributed by atoms with Crippen LogP contribution in [0.25, 0.3) is 0 Å². The Kier molecular flexibility index (Phi) is 8.36. The van der Waals surface area contributed by atoms with Gasteiger partial charge in [0.15, 0.2) is 5.71 Å². The van der Waals surface area contributed by atoms with E-state index in [1.165, 1.54) is 63.8 Å². The van der Waals surface area contributed by atoms with E-state index in [0.29, 0.717) is 16.5 Å². The van der Waals surface area contributed by atoms with Crippen molar-refractivity contribution in [3.63, 3.8) is 0 Å². The van der Waals surface area contributed by atoms with Gasteiger partial charge in [-0.3, -0.25) is 14.5 Å². The zero-order valence-corrected chi connectivity index (χ0v) is 23.6. The highest BCUT2D eigenvalue weighted by atomic mass is 32.2. The smallest absolute Gasteiger partial charge is 0.352 e. The Morgan fingerprint density at radius 3 is 2.78 bits per heavy atom. The molecule has 5 rings (SSSR count). The molecule has 17 heteroatoms. The highest BCUT2D eigenvalue weighted by Gasteiger charge is 2.54. The van der Waals surface area contributed by atoms with Crippen molar-refractivity contribution in [1.82, 2.24) is 30.4 Å². The van der Waals surface area contributed by atoms with Crippen LogP contribution in [-0.4, -0.2) is 87.7 Å². The van der Waals surface area contributed by atoms with Crippen LogP contribution in [-0.2, 0) is 37.5 Å². The number of carboxylic acid groups (broad SMARTS) is 1. The van der Waals surface area contributed by atoms with Crippen molar-refractivity contribution >= 4 is 64.3 Å². The summed E-state index contributed by atoms with van der Waals surface area (Å²) in [5, 5.41) is 39.0. The number of amides is 2. The summed E-state index contributed by atoms with van der Waals surface area (Å²) in [6.45, 7) is 0. The van der Waals surface area contributed by atoms with Gasteiger partial charge >= 0.3 is 11.9 Å². The fourth-order valence-electron chi connectivity index (χ4n) is 4.06. The Morgan fingerprint density at radius 2 is 2.10 bits per heavy atom. The number of phenolic OH excluding ortho intramolecular Hbond substituents is 1. The summed E-state index contributed by atoms with van der Waals surface area (Å²) >= 11 is 3.90. The first kappa shape index (κ1) is 28.3. The molecule has 4 heterocycles. The predicted molar refractivity (Wildman–Crippen MR) is 148 cm³/mol. The second-order valence-corrected chi connectivity index (χ2v) is 11.8. The lowest BCUT2D eigenvalue weighted by atomic mass is 10.0. The maximum absolute atomic E-state index is 13.3. The number of nitrogens with one attached hydrogen (secondary N) is 1. The lowest BCUT2D eigenvalue weighted by Crippen LogP contribution is -2.71. The summed E-state index contributed by atoms with van der Waals surface area (Å²) in [6, 6.07) is 8.11. The van der Waals surface area contributed by atoms with Crippen molar-refractivity contribution in [2.45, 2.75) is 23.0 Å². The molecule has 14 nitrogen and oxygen atoms in total. The van der Waals surface area contributed by atoms with E-state index in [0.717, 1.165) is 9.78 Å². The van der Waals surface area contributed by atoms with Gasteiger partial charge in [-0.05, 0) is 39.6 Å². The van der Waals surface area contributed by atoms with Crippen LogP contribution in [0.2, 0.25) is 0 Å². The molecule has 2 aromatic heterocycles. The van der Waals surface area contributed by atoms with Gasteiger partial charge in [0.2, 0.25) is 5.16 Å². The molecule has 0 saturated carbocycles. The summed E-state index contributed by atoms with van der Waals surface area (Å²) < 4.78 is 1.45. The minimum Gasteiger partial charge on any atom is -0.508 e. The molecular weight excluding hydrogens is 595 g/mol.